The Labute approximate surface area is 153 Å². The molecule has 1 aromatic carbocycles. The molecule has 2 aromatic rings. The van der Waals surface area contributed by atoms with E-state index in [0.29, 0.717) is 15.7 Å². The number of nitrogens with zero attached hydrogens (tertiary/aromatic N) is 2. The van der Waals surface area contributed by atoms with Crippen molar-refractivity contribution >= 4 is 34.5 Å². The van der Waals surface area contributed by atoms with E-state index >= 15 is 0 Å². The molecule has 0 saturated carbocycles. The summed E-state index contributed by atoms with van der Waals surface area (Å²) in [7, 11) is 1.96. The Morgan fingerprint density at radius 2 is 1.71 bits per heavy atom. The molecule has 2 heterocycles. The lowest BCUT2D eigenvalue weighted by atomic mass is 9.97. The maximum absolute atomic E-state index is 6.37. The Morgan fingerprint density at radius 3 is 2.33 bits per heavy atom. The highest BCUT2D eigenvalue weighted by atomic mass is 35.5. The summed E-state index contributed by atoms with van der Waals surface area (Å²) >= 11 is 12.3. The zero-order valence-corrected chi connectivity index (χ0v) is 15.6. The Kier molecular flexibility index (Phi) is 6.24. The summed E-state index contributed by atoms with van der Waals surface area (Å²) in [4.78, 5) is 6.41. The molecule has 0 N–H and O–H groups in total. The molecule has 4 heteroatoms. The van der Waals surface area contributed by atoms with Crippen molar-refractivity contribution in [1.82, 2.24) is 9.88 Å². The van der Waals surface area contributed by atoms with Crippen molar-refractivity contribution in [3.8, 4) is 0 Å². The highest BCUT2D eigenvalue weighted by Crippen LogP contribution is 2.37. The van der Waals surface area contributed by atoms with E-state index < -0.39 is 0 Å². The average Bonchev–Trinajstić information content (AvgIpc) is 2.60. The van der Waals surface area contributed by atoms with Crippen LogP contribution in [-0.4, -0.2) is 16.9 Å². The first-order valence-electron chi connectivity index (χ1n) is 7.80. The number of rotatable bonds is 2. The summed E-state index contributed by atoms with van der Waals surface area (Å²) in [5.41, 5.74) is 4.63. The monoisotopic (exact) mass is 358 g/mol. The predicted octanol–water partition coefficient (Wildman–Crippen LogP) is 6.30. The van der Waals surface area contributed by atoms with Crippen LogP contribution < -0.4 is 0 Å². The standard InChI is InChI=1S/C18H14Cl2N2.C2H6/c1-12-8-9-15(13-6-4-3-5-7-13)18(22(12)2)17-16(20)10-14(19)11-21-17;1-2/h3-11H,1H2,2H3;1-2H3. The SMILES string of the molecule is C=C1C=CC(c2ccccc2)=C(c2ncc(Cl)cc2Cl)N1C.CC. The smallest absolute Gasteiger partial charge is 0.106 e. The van der Waals surface area contributed by atoms with E-state index in [-0.39, 0.29) is 0 Å². The molecule has 1 aromatic heterocycles. The number of aromatic nitrogens is 1. The summed E-state index contributed by atoms with van der Waals surface area (Å²) in [6, 6.07) is 11.8. The summed E-state index contributed by atoms with van der Waals surface area (Å²) in [6.07, 6.45) is 5.63. The molecule has 3 rings (SSSR count). The molecule has 2 nitrogen and oxygen atoms in total. The number of halogens is 2. The van der Waals surface area contributed by atoms with E-state index in [9.17, 15) is 0 Å². The third kappa shape index (κ3) is 3.72. The minimum absolute atomic E-state index is 0.517. The van der Waals surface area contributed by atoms with Crippen LogP contribution in [0.15, 0.2) is 67.0 Å². The molecule has 0 aliphatic carbocycles. The topological polar surface area (TPSA) is 16.1 Å². The Morgan fingerprint density at radius 1 is 1.04 bits per heavy atom. The molecule has 0 atom stereocenters. The third-order valence-electron chi connectivity index (χ3n) is 3.58. The lowest BCUT2D eigenvalue weighted by Crippen LogP contribution is -2.19. The van der Waals surface area contributed by atoms with Gasteiger partial charge in [-0.1, -0.05) is 80.0 Å². The Hall–Kier alpha value is -2.03. The number of benzene rings is 1. The molecule has 1 aliphatic heterocycles. The first-order valence-corrected chi connectivity index (χ1v) is 8.55. The van der Waals surface area contributed by atoms with Crippen LogP contribution >= 0.6 is 23.2 Å². The van der Waals surface area contributed by atoms with Crippen molar-refractivity contribution in [2.75, 3.05) is 7.05 Å². The predicted molar refractivity (Wildman–Crippen MR) is 105 cm³/mol. The lowest BCUT2D eigenvalue weighted by Gasteiger charge is -2.29. The molecular weight excluding hydrogens is 339 g/mol. The van der Waals surface area contributed by atoms with Crippen molar-refractivity contribution < 1.29 is 0 Å². The van der Waals surface area contributed by atoms with Crippen LogP contribution in [0.5, 0.6) is 0 Å². The molecule has 0 radical (unpaired) electrons. The minimum atomic E-state index is 0.517. The van der Waals surface area contributed by atoms with Crippen molar-refractivity contribution in [2.24, 2.45) is 0 Å². The molecule has 0 bridgehead atoms. The number of hydrogen-bond acceptors (Lipinski definition) is 2. The molecule has 124 valence electrons. The van der Waals surface area contributed by atoms with E-state index in [1.807, 2.05) is 56.1 Å². The highest BCUT2D eigenvalue weighted by molar-refractivity contribution is 6.35. The maximum Gasteiger partial charge on any atom is 0.106 e. The molecular formula is C20H20Cl2N2. The van der Waals surface area contributed by atoms with Gasteiger partial charge in [-0.2, -0.15) is 0 Å². The quantitative estimate of drug-likeness (QED) is 0.626. The molecule has 0 unspecified atom stereocenters. The first-order chi connectivity index (χ1) is 11.6. The van der Waals surface area contributed by atoms with E-state index in [4.69, 9.17) is 23.2 Å². The second-order valence-corrected chi connectivity index (χ2v) is 5.84. The minimum Gasteiger partial charge on any atom is -0.343 e. The number of likely N-dealkylation sites (N-methyl/N-ethyl adjacent to an activating group) is 1. The highest BCUT2D eigenvalue weighted by Gasteiger charge is 2.22. The van der Waals surface area contributed by atoms with Crippen LogP contribution in [0.25, 0.3) is 11.3 Å². The van der Waals surface area contributed by atoms with Crippen LogP contribution in [0.2, 0.25) is 10.0 Å². The first kappa shape index (κ1) is 18.3. The van der Waals surface area contributed by atoms with Crippen LogP contribution in [0.4, 0.5) is 0 Å². The van der Waals surface area contributed by atoms with Gasteiger partial charge in [0.15, 0.2) is 0 Å². The van der Waals surface area contributed by atoms with Crippen molar-refractivity contribution in [3.63, 3.8) is 0 Å². The third-order valence-corrected chi connectivity index (χ3v) is 4.08. The molecule has 1 aliphatic rings. The number of allylic oxidation sites excluding steroid dienone is 3. The molecule has 0 fully saturated rings. The van der Waals surface area contributed by atoms with Gasteiger partial charge in [0.2, 0.25) is 0 Å². The Bertz CT molecular complexity index is 793. The van der Waals surface area contributed by atoms with Gasteiger partial charge in [0.05, 0.1) is 15.7 Å². The van der Waals surface area contributed by atoms with Crippen LogP contribution in [0, 0.1) is 0 Å². The summed E-state index contributed by atoms with van der Waals surface area (Å²) in [5.74, 6) is 0. The molecule has 0 spiro atoms. The van der Waals surface area contributed by atoms with Gasteiger partial charge in [-0.25, -0.2) is 0 Å². The average molecular weight is 359 g/mol. The molecule has 24 heavy (non-hydrogen) atoms. The fraction of sp³-hybridized carbons (Fsp3) is 0.150. The van der Waals surface area contributed by atoms with Crippen molar-refractivity contribution in [3.05, 3.63) is 88.3 Å². The van der Waals surface area contributed by atoms with Crippen molar-refractivity contribution in [1.29, 1.82) is 0 Å². The van der Waals surface area contributed by atoms with Crippen molar-refractivity contribution in [2.45, 2.75) is 13.8 Å². The zero-order chi connectivity index (χ0) is 17.7. The summed E-state index contributed by atoms with van der Waals surface area (Å²) < 4.78 is 0. The van der Waals surface area contributed by atoms with E-state index in [2.05, 4.69) is 23.7 Å². The summed E-state index contributed by atoms with van der Waals surface area (Å²) in [5, 5.41) is 1.04. The van der Waals surface area contributed by atoms with Crippen LogP contribution in [0.1, 0.15) is 25.1 Å². The number of hydrogen-bond donors (Lipinski definition) is 0. The fourth-order valence-corrected chi connectivity index (χ4v) is 2.89. The molecule has 0 saturated heterocycles. The lowest BCUT2D eigenvalue weighted by molar-refractivity contribution is 0.614. The van der Waals surface area contributed by atoms with Gasteiger partial charge in [0.1, 0.15) is 5.69 Å². The van der Waals surface area contributed by atoms with E-state index in [1.165, 1.54) is 0 Å². The van der Waals surface area contributed by atoms with Gasteiger partial charge in [0, 0.05) is 24.5 Å². The molecule has 0 amide bonds. The van der Waals surface area contributed by atoms with Crippen LogP contribution in [0.3, 0.4) is 0 Å². The fourth-order valence-electron chi connectivity index (χ4n) is 2.42. The Balaban J connectivity index is 0.00000100. The van der Waals surface area contributed by atoms with Gasteiger partial charge >= 0.3 is 0 Å². The van der Waals surface area contributed by atoms with Gasteiger partial charge in [-0.05, 0) is 17.7 Å². The van der Waals surface area contributed by atoms with Crippen LogP contribution in [-0.2, 0) is 0 Å². The second-order valence-electron chi connectivity index (χ2n) is 5.00. The van der Waals surface area contributed by atoms with Gasteiger partial charge < -0.3 is 4.90 Å². The van der Waals surface area contributed by atoms with Gasteiger partial charge in [-0.3, -0.25) is 4.98 Å². The summed E-state index contributed by atoms with van der Waals surface area (Å²) in [6.45, 7) is 8.05. The zero-order valence-electron chi connectivity index (χ0n) is 14.1. The van der Waals surface area contributed by atoms with Gasteiger partial charge in [0.25, 0.3) is 0 Å². The number of pyridine rings is 1. The van der Waals surface area contributed by atoms with Gasteiger partial charge in [-0.15, -0.1) is 0 Å². The van der Waals surface area contributed by atoms with E-state index in [1.54, 1.807) is 12.3 Å². The van der Waals surface area contributed by atoms with E-state index in [0.717, 1.165) is 22.5 Å². The maximum atomic E-state index is 6.37. The second kappa shape index (κ2) is 8.18. The largest absolute Gasteiger partial charge is 0.343 e. The normalized spacial score (nSPS) is 13.7.